The van der Waals surface area contributed by atoms with E-state index in [4.69, 9.17) is 15.9 Å². The summed E-state index contributed by atoms with van der Waals surface area (Å²) in [6, 6.07) is 10.9. The fourth-order valence-electron chi connectivity index (χ4n) is 6.90. The molecule has 0 aliphatic carbocycles. The largest absolute Gasteiger partial charge is 0.483 e. The minimum atomic E-state index is -0.506. The lowest BCUT2D eigenvalue weighted by Gasteiger charge is -2.43. The SMILES string of the molecule is C#CCN1CCC2=C(C1)c1c(OC(=O)CCCN3CCSCC3)cc(C(C)(CCC)c3ccc(F)cc3)cc1OC2(C)C. The van der Waals surface area contributed by atoms with Gasteiger partial charge in [0.05, 0.1) is 12.1 Å². The van der Waals surface area contributed by atoms with E-state index in [0.717, 1.165) is 91.4 Å². The molecule has 0 N–H and O–H groups in total. The van der Waals surface area contributed by atoms with Crippen molar-refractivity contribution in [1.29, 1.82) is 0 Å². The monoisotopic (exact) mass is 604 g/mol. The van der Waals surface area contributed by atoms with Crippen LogP contribution in [-0.2, 0) is 10.2 Å². The van der Waals surface area contributed by atoms with Gasteiger partial charge in [0.1, 0.15) is 22.9 Å². The molecule has 0 radical (unpaired) electrons. The molecule has 1 saturated heterocycles. The molecule has 3 aliphatic heterocycles. The highest BCUT2D eigenvalue weighted by atomic mass is 32.2. The number of fused-ring (bicyclic) bond motifs is 2. The first-order chi connectivity index (χ1) is 20.6. The number of nitrogens with zero attached hydrogens (tertiary/aromatic N) is 2. The van der Waals surface area contributed by atoms with E-state index in [1.165, 1.54) is 17.7 Å². The zero-order valence-corrected chi connectivity index (χ0v) is 27.0. The van der Waals surface area contributed by atoms with Gasteiger partial charge in [0.25, 0.3) is 0 Å². The van der Waals surface area contributed by atoms with Gasteiger partial charge < -0.3 is 14.4 Å². The van der Waals surface area contributed by atoms with Gasteiger partial charge in [0.2, 0.25) is 0 Å². The fourth-order valence-corrected chi connectivity index (χ4v) is 7.88. The standard InChI is InChI=1S/C36H45FN2O3S/c1-6-15-36(5,26-10-12-28(37)13-11-26)27-23-31(41-33(40)9-8-17-38-19-21-43-22-20-38)34-29-25-39(16-7-2)18-14-30(29)35(3,4)42-32(34)24-27/h2,10-13,23-24H,6,8-9,14-22,25H2,1,3-5H3. The van der Waals surface area contributed by atoms with Crippen LogP contribution in [0.5, 0.6) is 11.5 Å². The van der Waals surface area contributed by atoms with E-state index in [1.54, 1.807) is 0 Å². The first-order valence-electron chi connectivity index (χ1n) is 15.7. The molecule has 0 aromatic heterocycles. The molecule has 1 fully saturated rings. The van der Waals surface area contributed by atoms with Crippen molar-refractivity contribution in [3.05, 3.63) is 64.5 Å². The Kier molecular flexibility index (Phi) is 9.90. The predicted molar refractivity (Wildman–Crippen MR) is 174 cm³/mol. The van der Waals surface area contributed by atoms with E-state index in [2.05, 4.69) is 49.5 Å². The minimum absolute atomic E-state index is 0.229. The van der Waals surface area contributed by atoms with Crippen molar-refractivity contribution in [2.45, 2.75) is 70.8 Å². The number of carbonyl (C=O) groups excluding carboxylic acids is 1. The van der Waals surface area contributed by atoms with Gasteiger partial charge in [0, 0.05) is 49.5 Å². The van der Waals surface area contributed by atoms with Crippen molar-refractivity contribution in [2.24, 2.45) is 0 Å². The summed E-state index contributed by atoms with van der Waals surface area (Å²) in [5.74, 6) is 5.88. The van der Waals surface area contributed by atoms with Crippen LogP contribution in [-0.4, -0.2) is 72.1 Å². The third-order valence-electron chi connectivity index (χ3n) is 9.25. The Morgan fingerprint density at radius 3 is 2.58 bits per heavy atom. The van der Waals surface area contributed by atoms with Crippen molar-refractivity contribution in [3.8, 4) is 23.8 Å². The van der Waals surface area contributed by atoms with Gasteiger partial charge >= 0.3 is 5.97 Å². The van der Waals surface area contributed by atoms with E-state index < -0.39 is 11.0 Å². The zero-order chi connectivity index (χ0) is 30.6. The van der Waals surface area contributed by atoms with Crippen LogP contribution in [0.2, 0.25) is 0 Å². The molecule has 0 amide bonds. The predicted octanol–water partition coefficient (Wildman–Crippen LogP) is 6.93. The van der Waals surface area contributed by atoms with E-state index in [9.17, 15) is 9.18 Å². The molecule has 230 valence electrons. The average Bonchev–Trinajstić information content (AvgIpc) is 2.97. The molecule has 0 spiro atoms. The molecule has 7 heteroatoms. The van der Waals surface area contributed by atoms with E-state index in [-0.39, 0.29) is 11.8 Å². The van der Waals surface area contributed by atoms with Crippen molar-refractivity contribution < 1.29 is 18.7 Å². The maximum atomic E-state index is 13.9. The van der Waals surface area contributed by atoms with Crippen LogP contribution in [0.15, 0.2) is 42.0 Å². The summed E-state index contributed by atoms with van der Waals surface area (Å²) in [5, 5.41) is 0. The highest BCUT2D eigenvalue weighted by Crippen LogP contribution is 2.51. The Hall–Kier alpha value is -2.79. The van der Waals surface area contributed by atoms with Gasteiger partial charge in [-0.25, -0.2) is 4.39 Å². The molecule has 2 aromatic rings. The third-order valence-corrected chi connectivity index (χ3v) is 10.2. The Bertz CT molecular complexity index is 1390. The zero-order valence-electron chi connectivity index (χ0n) is 26.1. The van der Waals surface area contributed by atoms with E-state index in [0.29, 0.717) is 25.3 Å². The number of rotatable bonds is 10. The van der Waals surface area contributed by atoms with Crippen molar-refractivity contribution in [2.75, 3.05) is 50.8 Å². The van der Waals surface area contributed by atoms with Crippen LogP contribution >= 0.6 is 11.8 Å². The number of esters is 1. The Labute approximate surface area is 261 Å². The third kappa shape index (κ3) is 6.98. The number of benzene rings is 2. The number of terminal acetylenes is 1. The minimum Gasteiger partial charge on any atom is -0.483 e. The number of thioether (sulfide) groups is 1. The highest BCUT2D eigenvalue weighted by Gasteiger charge is 2.41. The lowest BCUT2D eigenvalue weighted by atomic mass is 9.72. The van der Waals surface area contributed by atoms with Crippen LogP contribution in [0.25, 0.3) is 5.57 Å². The molecule has 5 nitrogen and oxygen atoms in total. The molecular formula is C36H45FN2O3S. The fraction of sp³-hybridized carbons (Fsp3) is 0.528. The molecular weight excluding hydrogens is 559 g/mol. The summed E-state index contributed by atoms with van der Waals surface area (Å²) in [6.45, 7) is 13.7. The van der Waals surface area contributed by atoms with Crippen LogP contribution in [0, 0.1) is 18.2 Å². The first kappa shape index (κ1) is 31.6. The van der Waals surface area contributed by atoms with Gasteiger partial charge in [-0.1, -0.05) is 38.3 Å². The molecule has 43 heavy (non-hydrogen) atoms. The topological polar surface area (TPSA) is 42.0 Å². The lowest BCUT2D eigenvalue weighted by Crippen LogP contribution is -2.42. The highest BCUT2D eigenvalue weighted by molar-refractivity contribution is 7.99. The maximum Gasteiger partial charge on any atom is 0.311 e. The smallest absolute Gasteiger partial charge is 0.311 e. The van der Waals surface area contributed by atoms with Gasteiger partial charge in [-0.05, 0) is 86.2 Å². The van der Waals surface area contributed by atoms with Crippen LogP contribution in [0.4, 0.5) is 4.39 Å². The number of carbonyl (C=O) groups is 1. The average molecular weight is 605 g/mol. The summed E-state index contributed by atoms with van der Waals surface area (Å²) < 4.78 is 27.0. The second kappa shape index (κ2) is 13.5. The van der Waals surface area contributed by atoms with Gasteiger partial charge in [-0.15, -0.1) is 6.42 Å². The maximum absolute atomic E-state index is 13.9. The number of hydrogen-bond acceptors (Lipinski definition) is 6. The van der Waals surface area contributed by atoms with Gasteiger partial charge in [-0.2, -0.15) is 11.8 Å². The molecule has 5 rings (SSSR count). The second-order valence-electron chi connectivity index (χ2n) is 12.7. The first-order valence-corrected chi connectivity index (χ1v) is 16.8. The Morgan fingerprint density at radius 2 is 1.88 bits per heavy atom. The summed E-state index contributed by atoms with van der Waals surface area (Å²) in [6.07, 6.45) is 9.43. The molecule has 1 unspecified atom stereocenters. The van der Waals surface area contributed by atoms with E-state index >= 15 is 0 Å². The van der Waals surface area contributed by atoms with Crippen LogP contribution in [0.3, 0.4) is 0 Å². The van der Waals surface area contributed by atoms with Crippen molar-refractivity contribution in [1.82, 2.24) is 9.80 Å². The summed E-state index contributed by atoms with van der Waals surface area (Å²) in [5.41, 5.74) is 4.30. The Balaban J connectivity index is 1.55. The number of hydrogen-bond donors (Lipinski definition) is 0. The van der Waals surface area contributed by atoms with Crippen LogP contribution < -0.4 is 9.47 Å². The number of halogens is 1. The summed E-state index contributed by atoms with van der Waals surface area (Å²) in [4.78, 5) is 18.1. The molecule has 1 atom stereocenters. The molecule has 0 bridgehead atoms. The number of ether oxygens (including phenoxy) is 2. The van der Waals surface area contributed by atoms with Crippen molar-refractivity contribution >= 4 is 23.3 Å². The quantitative estimate of drug-likeness (QED) is 0.167. The van der Waals surface area contributed by atoms with Crippen LogP contribution in [0.1, 0.15) is 76.5 Å². The van der Waals surface area contributed by atoms with E-state index in [1.807, 2.05) is 30.0 Å². The Morgan fingerprint density at radius 1 is 1.14 bits per heavy atom. The molecule has 3 heterocycles. The molecule has 0 saturated carbocycles. The molecule has 3 aliphatic rings. The second-order valence-corrected chi connectivity index (χ2v) is 13.9. The molecule has 2 aromatic carbocycles. The van der Waals surface area contributed by atoms with Gasteiger partial charge in [0.15, 0.2) is 0 Å². The normalized spacial score (nSPS) is 19.9. The van der Waals surface area contributed by atoms with Gasteiger partial charge in [-0.3, -0.25) is 9.69 Å². The van der Waals surface area contributed by atoms with Crippen molar-refractivity contribution in [3.63, 3.8) is 0 Å². The summed E-state index contributed by atoms with van der Waals surface area (Å²) in [7, 11) is 0. The summed E-state index contributed by atoms with van der Waals surface area (Å²) >= 11 is 1.99. The lowest BCUT2D eigenvalue weighted by molar-refractivity contribution is -0.134.